The third-order valence-electron chi connectivity index (χ3n) is 5.70. The normalized spacial score (nSPS) is 15.0. The number of thiazole rings is 1. The number of carbonyl (C=O) groups is 1. The van der Waals surface area contributed by atoms with Gasteiger partial charge in [-0.05, 0) is 52.0 Å². The highest BCUT2D eigenvalue weighted by Gasteiger charge is 2.35. The van der Waals surface area contributed by atoms with Crippen molar-refractivity contribution in [3.05, 3.63) is 88.5 Å². The van der Waals surface area contributed by atoms with Gasteiger partial charge in [0.15, 0.2) is 11.4 Å². The Bertz CT molecular complexity index is 1680. The quantitative estimate of drug-likeness (QED) is 0.352. The monoisotopic (exact) mass is 585 g/mol. The van der Waals surface area contributed by atoms with Gasteiger partial charge in [0.25, 0.3) is 5.56 Å². The smallest absolute Gasteiger partial charge is 0.338 e. The molecule has 8 nitrogen and oxygen atoms in total. The van der Waals surface area contributed by atoms with Gasteiger partial charge in [0, 0.05) is 16.1 Å². The Morgan fingerprint density at radius 2 is 2.03 bits per heavy atom. The van der Waals surface area contributed by atoms with Gasteiger partial charge in [-0.3, -0.25) is 9.36 Å². The first-order chi connectivity index (χ1) is 18.7. The van der Waals surface area contributed by atoms with Crippen molar-refractivity contribution in [2.45, 2.75) is 39.8 Å². The number of nitrogens with zero attached hydrogens (tertiary/aromatic N) is 3. The summed E-state index contributed by atoms with van der Waals surface area (Å²) in [6, 6.07) is 11.4. The number of carbonyl (C=O) groups excluding carboxylic acids is 1. The predicted molar refractivity (Wildman–Crippen MR) is 150 cm³/mol. The van der Waals surface area contributed by atoms with E-state index >= 15 is 0 Å². The summed E-state index contributed by atoms with van der Waals surface area (Å²) in [6.45, 7) is 7.16. The molecule has 39 heavy (non-hydrogen) atoms. The van der Waals surface area contributed by atoms with Crippen LogP contribution in [-0.2, 0) is 9.53 Å². The topological polar surface area (TPSA) is 103 Å². The molecule has 0 amide bonds. The fourth-order valence-corrected chi connectivity index (χ4v) is 5.84. The number of ether oxygens (including phenoxy) is 3. The van der Waals surface area contributed by atoms with Crippen molar-refractivity contribution in [2.75, 3.05) is 13.2 Å². The number of rotatable bonds is 8. The van der Waals surface area contributed by atoms with Gasteiger partial charge in [0.05, 0.1) is 33.5 Å². The van der Waals surface area contributed by atoms with Crippen molar-refractivity contribution < 1.29 is 19.0 Å². The van der Waals surface area contributed by atoms with Crippen LogP contribution in [-0.4, -0.2) is 29.9 Å². The van der Waals surface area contributed by atoms with E-state index in [-0.39, 0.29) is 41.2 Å². The average molecular weight is 586 g/mol. The van der Waals surface area contributed by atoms with E-state index in [4.69, 9.17) is 42.7 Å². The van der Waals surface area contributed by atoms with Crippen molar-refractivity contribution in [3.63, 3.8) is 0 Å². The van der Waals surface area contributed by atoms with Crippen molar-refractivity contribution >= 4 is 46.6 Å². The van der Waals surface area contributed by atoms with Crippen LogP contribution >= 0.6 is 34.5 Å². The van der Waals surface area contributed by atoms with Crippen LogP contribution in [0.1, 0.15) is 44.9 Å². The van der Waals surface area contributed by atoms with Crippen LogP contribution in [0.15, 0.2) is 57.5 Å². The number of fused-ring (bicyclic) bond motifs is 1. The Kier molecular flexibility index (Phi) is 8.80. The lowest BCUT2D eigenvalue weighted by atomic mass is 9.95. The third-order valence-corrected chi connectivity index (χ3v) is 7.18. The Balaban J connectivity index is 2.00. The summed E-state index contributed by atoms with van der Waals surface area (Å²) < 4.78 is 18.7. The van der Waals surface area contributed by atoms with Crippen LogP contribution in [0.3, 0.4) is 0 Å². The van der Waals surface area contributed by atoms with E-state index in [2.05, 4.69) is 4.99 Å². The largest absolute Gasteiger partial charge is 0.491 e. The molecular weight excluding hydrogens is 561 g/mol. The summed E-state index contributed by atoms with van der Waals surface area (Å²) in [5.41, 5.74) is 1.35. The fourth-order valence-electron chi connectivity index (χ4n) is 4.24. The molecule has 3 aromatic rings. The maximum atomic E-state index is 14.0. The number of benzene rings is 2. The number of nitriles is 1. The Morgan fingerprint density at radius 3 is 2.72 bits per heavy atom. The summed E-state index contributed by atoms with van der Waals surface area (Å²) in [5.74, 6) is 0.202. The number of hydrogen-bond acceptors (Lipinski definition) is 8. The molecule has 11 heteroatoms. The molecule has 4 rings (SSSR count). The van der Waals surface area contributed by atoms with Crippen LogP contribution in [0.5, 0.6) is 11.5 Å². The van der Waals surface area contributed by atoms with E-state index in [0.717, 1.165) is 11.3 Å². The van der Waals surface area contributed by atoms with Crippen molar-refractivity contribution in [3.8, 4) is 17.6 Å². The van der Waals surface area contributed by atoms with E-state index in [1.54, 1.807) is 32.1 Å². The summed E-state index contributed by atoms with van der Waals surface area (Å²) in [7, 11) is 0. The Labute approximate surface area is 239 Å². The first-order valence-corrected chi connectivity index (χ1v) is 13.7. The van der Waals surface area contributed by atoms with Gasteiger partial charge in [0.2, 0.25) is 0 Å². The van der Waals surface area contributed by atoms with E-state index < -0.39 is 12.0 Å². The third kappa shape index (κ3) is 5.88. The highest BCUT2D eigenvalue weighted by Crippen LogP contribution is 2.36. The van der Waals surface area contributed by atoms with Gasteiger partial charge in [-0.1, -0.05) is 52.7 Å². The zero-order valence-electron chi connectivity index (χ0n) is 21.7. The van der Waals surface area contributed by atoms with Crippen molar-refractivity contribution in [2.24, 2.45) is 4.99 Å². The molecular formula is C28H25Cl2N3O5S. The average Bonchev–Trinajstić information content (AvgIpc) is 3.17. The van der Waals surface area contributed by atoms with Gasteiger partial charge >= 0.3 is 5.97 Å². The minimum atomic E-state index is -0.838. The molecule has 0 N–H and O–H groups in total. The molecule has 1 atom stereocenters. The van der Waals surface area contributed by atoms with Gasteiger partial charge < -0.3 is 14.2 Å². The van der Waals surface area contributed by atoms with Gasteiger partial charge in [0.1, 0.15) is 23.6 Å². The zero-order chi connectivity index (χ0) is 28.3. The Morgan fingerprint density at radius 1 is 1.28 bits per heavy atom. The fraction of sp³-hybridized carbons (Fsp3) is 0.286. The predicted octanol–water partition coefficient (Wildman–Crippen LogP) is 4.79. The molecule has 2 heterocycles. The van der Waals surface area contributed by atoms with Crippen LogP contribution in [0, 0.1) is 11.3 Å². The second-order valence-electron chi connectivity index (χ2n) is 8.76. The molecule has 0 unspecified atom stereocenters. The molecule has 0 spiro atoms. The van der Waals surface area contributed by atoms with E-state index in [9.17, 15) is 9.59 Å². The van der Waals surface area contributed by atoms with Crippen LogP contribution in [0.25, 0.3) is 6.08 Å². The maximum absolute atomic E-state index is 14.0. The van der Waals surface area contributed by atoms with Gasteiger partial charge in [-0.25, -0.2) is 9.79 Å². The van der Waals surface area contributed by atoms with Crippen molar-refractivity contribution in [1.82, 2.24) is 4.57 Å². The van der Waals surface area contributed by atoms with Gasteiger partial charge in [-0.15, -0.1) is 0 Å². The number of esters is 1. The summed E-state index contributed by atoms with van der Waals surface area (Å²) >= 11 is 13.7. The minimum absolute atomic E-state index is 0.141. The zero-order valence-corrected chi connectivity index (χ0v) is 24.0. The minimum Gasteiger partial charge on any atom is -0.491 e. The highest BCUT2D eigenvalue weighted by molar-refractivity contribution is 7.07. The van der Waals surface area contributed by atoms with E-state index in [1.165, 1.54) is 10.6 Å². The number of halogens is 2. The number of allylic oxidation sites excluding steroid dienone is 1. The second-order valence-corrected chi connectivity index (χ2v) is 10.6. The van der Waals surface area contributed by atoms with Gasteiger partial charge in [-0.2, -0.15) is 5.26 Å². The molecule has 1 aromatic heterocycles. The van der Waals surface area contributed by atoms with E-state index in [1.807, 2.05) is 38.1 Å². The molecule has 0 saturated heterocycles. The summed E-state index contributed by atoms with van der Waals surface area (Å²) in [6.07, 6.45) is 1.45. The lowest BCUT2D eigenvalue weighted by molar-refractivity contribution is -0.139. The molecule has 0 bridgehead atoms. The van der Waals surface area contributed by atoms with E-state index in [0.29, 0.717) is 36.9 Å². The molecule has 0 radical (unpaired) electrons. The molecule has 0 saturated carbocycles. The standard InChI is InChI=1S/C28H25Cl2N3O5S/c1-5-36-27(35)23-16(4)32-28-33(24(23)19-8-6-7-9-21(19)38-15(2)3)26(34)22(39-28)13-17-12-18(29)14-20(30)25(17)37-11-10-31/h6-9,12-15,24H,5,11H2,1-4H3/b22-13-/t24-/m0/s1. The Hall–Kier alpha value is -3.58. The number of aromatic nitrogens is 1. The van der Waals surface area contributed by atoms with Crippen LogP contribution in [0.2, 0.25) is 10.0 Å². The van der Waals surface area contributed by atoms with Crippen molar-refractivity contribution in [1.29, 1.82) is 5.26 Å². The number of para-hydroxylation sites is 1. The molecule has 2 aromatic carbocycles. The lowest BCUT2D eigenvalue weighted by Gasteiger charge is -2.26. The second kappa shape index (κ2) is 12.1. The molecule has 1 aliphatic rings. The van der Waals surface area contributed by atoms with Crippen LogP contribution in [0.4, 0.5) is 0 Å². The lowest BCUT2D eigenvalue weighted by Crippen LogP contribution is -2.40. The van der Waals surface area contributed by atoms with Crippen LogP contribution < -0.4 is 24.4 Å². The summed E-state index contributed by atoms with van der Waals surface area (Å²) in [5, 5.41) is 9.52. The SMILES string of the molecule is CCOC(=O)C1=C(C)N=c2s/c(=C\c3cc(Cl)cc(Cl)c3OCC#N)c(=O)n2[C@H]1c1ccccc1OC(C)C. The first kappa shape index (κ1) is 28.4. The molecule has 0 fully saturated rings. The number of hydrogen-bond donors (Lipinski definition) is 0. The highest BCUT2D eigenvalue weighted by atomic mass is 35.5. The molecule has 202 valence electrons. The molecule has 0 aliphatic carbocycles. The molecule has 1 aliphatic heterocycles. The first-order valence-electron chi connectivity index (χ1n) is 12.1. The maximum Gasteiger partial charge on any atom is 0.338 e. The summed E-state index contributed by atoms with van der Waals surface area (Å²) in [4.78, 5) is 32.2.